The Morgan fingerprint density at radius 2 is 2.22 bits per heavy atom. The molecule has 0 bridgehead atoms. The standard InChI is InChI=1S/C14H17N3O/c15-7-6-10-2-1-3-12(8-10)14-16-13(17-18-14)9-11-4-5-11/h1-3,8,11H,4-7,9,15H2. The number of aromatic nitrogens is 2. The molecule has 2 aromatic rings. The minimum atomic E-state index is 0.615. The van der Waals surface area contributed by atoms with E-state index in [1.807, 2.05) is 12.1 Å². The molecule has 1 aromatic heterocycles. The third kappa shape index (κ3) is 2.59. The SMILES string of the molecule is NCCc1cccc(-c2nc(CC3CC3)no2)c1. The van der Waals surface area contributed by atoms with Gasteiger partial charge in [0.15, 0.2) is 5.82 Å². The van der Waals surface area contributed by atoms with Gasteiger partial charge in [-0.15, -0.1) is 0 Å². The van der Waals surface area contributed by atoms with E-state index in [-0.39, 0.29) is 0 Å². The average Bonchev–Trinajstić information content (AvgIpc) is 3.06. The molecule has 2 N–H and O–H groups in total. The number of nitrogens with zero attached hydrogens (tertiary/aromatic N) is 2. The molecule has 1 heterocycles. The van der Waals surface area contributed by atoms with Crippen molar-refractivity contribution < 1.29 is 4.52 Å². The first kappa shape index (κ1) is 11.4. The van der Waals surface area contributed by atoms with Gasteiger partial charge in [0.05, 0.1) is 0 Å². The number of rotatable bonds is 5. The second-order valence-electron chi connectivity index (χ2n) is 4.90. The average molecular weight is 243 g/mol. The van der Waals surface area contributed by atoms with Crippen LogP contribution in [-0.2, 0) is 12.8 Å². The van der Waals surface area contributed by atoms with Crippen LogP contribution in [-0.4, -0.2) is 16.7 Å². The first-order chi connectivity index (χ1) is 8.85. The second-order valence-corrected chi connectivity index (χ2v) is 4.90. The smallest absolute Gasteiger partial charge is 0.257 e. The van der Waals surface area contributed by atoms with Crippen LogP contribution in [0.5, 0.6) is 0 Å². The van der Waals surface area contributed by atoms with Crippen molar-refractivity contribution in [3.05, 3.63) is 35.7 Å². The van der Waals surface area contributed by atoms with Gasteiger partial charge in [0.1, 0.15) is 0 Å². The number of hydrogen-bond acceptors (Lipinski definition) is 4. The molecule has 0 unspecified atom stereocenters. The van der Waals surface area contributed by atoms with Gasteiger partial charge < -0.3 is 10.3 Å². The summed E-state index contributed by atoms with van der Waals surface area (Å²) < 4.78 is 5.32. The van der Waals surface area contributed by atoms with Crippen molar-refractivity contribution in [2.75, 3.05) is 6.54 Å². The monoisotopic (exact) mass is 243 g/mol. The molecule has 0 atom stereocenters. The summed E-state index contributed by atoms with van der Waals surface area (Å²) in [6, 6.07) is 8.14. The van der Waals surface area contributed by atoms with Gasteiger partial charge >= 0.3 is 0 Å². The maximum absolute atomic E-state index is 5.56. The van der Waals surface area contributed by atoms with Crippen molar-refractivity contribution in [3.8, 4) is 11.5 Å². The van der Waals surface area contributed by atoms with Crippen molar-refractivity contribution in [1.82, 2.24) is 10.1 Å². The molecule has 1 fully saturated rings. The lowest BCUT2D eigenvalue weighted by Gasteiger charge is -1.99. The van der Waals surface area contributed by atoms with Crippen LogP contribution >= 0.6 is 0 Å². The van der Waals surface area contributed by atoms with Crippen LogP contribution in [0.15, 0.2) is 28.8 Å². The molecule has 3 rings (SSSR count). The van der Waals surface area contributed by atoms with Gasteiger partial charge in [-0.25, -0.2) is 0 Å². The Morgan fingerprint density at radius 3 is 3.00 bits per heavy atom. The van der Waals surface area contributed by atoms with Crippen molar-refractivity contribution in [2.24, 2.45) is 11.7 Å². The van der Waals surface area contributed by atoms with E-state index in [0.29, 0.717) is 12.4 Å². The van der Waals surface area contributed by atoms with Gasteiger partial charge in [-0.2, -0.15) is 4.98 Å². The lowest BCUT2D eigenvalue weighted by molar-refractivity contribution is 0.421. The Balaban J connectivity index is 1.79. The molecule has 4 nitrogen and oxygen atoms in total. The second kappa shape index (κ2) is 4.90. The molecule has 1 aliphatic carbocycles. The van der Waals surface area contributed by atoms with E-state index in [0.717, 1.165) is 30.1 Å². The summed E-state index contributed by atoms with van der Waals surface area (Å²) in [6.45, 7) is 0.653. The molecule has 1 aromatic carbocycles. The molecule has 94 valence electrons. The molecular weight excluding hydrogens is 226 g/mol. The van der Waals surface area contributed by atoms with Crippen molar-refractivity contribution >= 4 is 0 Å². The first-order valence-electron chi connectivity index (χ1n) is 6.47. The highest BCUT2D eigenvalue weighted by Gasteiger charge is 2.24. The molecule has 0 amide bonds. The summed E-state index contributed by atoms with van der Waals surface area (Å²) in [5.41, 5.74) is 7.75. The fourth-order valence-electron chi connectivity index (χ4n) is 2.06. The first-order valence-corrected chi connectivity index (χ1v) is 6.47. The van der Waals surface area contributed by atoms with Crippen LogP contribution in [0, 0.1) is 5.92 Å². The van der Waals surface area contributed by atoms with E-state index < -0.39 is 0 Å². The minimum absolute atomic E-state index is 0.615. The number of benzene rings is 1. The minimum Gasteiger partial charge on any atom is -0.334 e. The Hall–Kier alpha value is -1.68. The van der Waals surface area contributed by atoms with Crippen LogP contribution in [0.4, 0.5) is 0 Å². The van der Waals surface area contributed by atoms with Gasteiger partial charge in [0.25, 0.3) is 5.89 Å². The summed E-state index contributed by atoms with van der Waals surface area (Å²) in [5.74, 6) is 2.22. The lowest BCUT2D eigenvalue weighted by Crippen LogP contribution is -2.02. The molecule has 4 heteroatoms. The third-order valence-corrected chi connectivity index (χ3v) is 3.24. The predicted octanol–water partition coefficient (Wildman–Crippen LogP) is 2.19. The zero-order valence-electron chi connectivity index (χ0n) is 10.3. The largest absolute Gasteiger partial charge is 0.334 e. The van der Waals surface area contributed by atoms with Gasteiger partial charge in [0, 0.05) is 12.0 Å². The van der Waals surface area contributed by atoms with Gasteiger partial charge in [-0.1, -0.05) is 17.3 Å². The number of hydrogen-bond donors (Lipinski definition) is 1. The molecule has 0 spiro atoms. The van der Waals surface area contributed by atoms with E-state index in [4.69, 9.17) is 10.3 Å². The van der Waals surface area contributed by atoms with E-state index >= 15 is 0 Å². The molecule has 1 aliphatic rings. The normalized spacial score (nSPS) is 14.9. The fraction of sp³-hybridized carbons (Fsp3) is 0.429. The molecule has 0 saturated heterocycles. The van der Waals surface area contributed by atoms with E-state index in [1.54, 1.807) is 0 Å². The van der Waals surface area contributed by atoms with Gasteiger partial charge in [0.2, 0.25) is 0 Å². The fourth-order valence-corrected chi connectivity index (χ4v) is 2.06. The van der Waals surface area contributed by atoms with E-state index in [9.17, 15) is 0 Å². The Morgan fingerprint density at radius 1 is 1.33 bits per heavy atom. The Kier molecular flexibility index (Phi) is 3.11. The molecular formula is C14H17N3O. The van der Waals surface area contributed by atoms with Crippen LogP contribution in [0.3, 0.4) is 0 Å². The molecule has 0 aliphatic heterocycles. The van der Waals surface area contributed by atoms with Crippen LogP contribution < -0.4 is 5.73 Å². The molecule has 0 radical (unpaired) electrons. The quantitative estimate of drug-likeness (QED) is 0.874. The van der Waals surface area contributed by atoms with Crippen molar-refractivity contribution in [3.63, 3.8) is 0 Å². The zero-order chi connectivity index (χ0) is 12.4. The summed E-state index contributed by atoms with van der Waals surface area (Å²) in [7, 11) is 0. The van der Waals surface area contributed by atoms with E-state index in [1.165, 1.54) is 18.4 Å². The Labute approximate surface area is 106 Å². The van der Waals surface area contributed by atoms with Gasteiger partial charge in [-0.3, -0.25) is 0 Å². The summed E-state index contributed by atoms with van der Waals surface area (Å²) >= 11 is 0. The Bertz CT molecular complexity index is 531. The van der Waals surface area contributed by atoms with Crippen molar-refractivity contribution in [1.29, 1.82) is 0 Å². The van der Waals surface area contributed by atoms with E-state index in [2.05, 4.69) is 22.3 Å². The topological polar surface area (TPSA) is 64.9 Å². The summed E-state index contributed by atoms with van der Waals surface area (Å²) in [6.07, 6.45) is 4.43. The molecule has 18 heavy (non-hydrogen) atoms. The van der Waals surface area contributed by atoms with Crippen LogP contribution in [0.2, 0.25) is 0 Å². The highest BCUT2D eigenvalue weighted by atomic mass is 16.5. The number of nitrogens with two attached hydrogens (primary N) is 1. The lowest BCUT2D eigenvalue weighted by atomic mass is 10.1. The highest BCUT2D eigenvalue weighted by molar-refractivity contribution is 5.54. The van der Waals surface area contributed by atoms with Crippen LogP contribution in [0.25, 0.3) is 11.5 Å². The highest BCUT2D eigenvalue weighted by Crippen LogP contribution is 2.32. The maximum atomic E-state index is 5.56. The predicted molar refractivity (Wildman–Crippen MR) is 68.9 cm³/mol. The summed E-state index contributed by atoms with van der Waals surface area (Å²) in [5, 5.41) is 4.04. The maximum Gasteiger partial charge on any atom is 0.257 e. The zero-order valence-corrected chi connectivity index (χ0v) is 10.3. The summed E-state index contributed by atoms with van der Waals surface area (Å²) in [4.78, 5) is 4.45. The van der Waals surface area contributed by atoms with Gasteiger partial charge in [-0.05, 0) is 49.4 Å². The molecule has 1 saturated carbocycles. The third-order valence-electron chi connectivity index (χ3n) is 3.24. The van der Waals surface area contributed by atoms with Crippen LogP contribution in [0.1, 0.15) is 24.2 Å². The van der Waals surface area contributed by atoms with Crippen molar-refractivity contribution in [2.45, 2.75) is 25.7 Å².